The highest BCUT2D eigenvalue weighted by molar-refractivity contribution is 5.78. The third kappa shape index (κ3) is 3.86. The Morgan fingerprint density at radius 1 is 1.29 bits per heavy atom. The first-order chi connectivity index (χ1) is 8.08. The Morgan fingerprint density at radius 2 is 1.88 bits per heavy atom. The van der Waals surface area contributed by atoms with Crippen molar-refractivity contribution in [3.05, 3.63) is 35.4 Å². The minimum absolute atomic E-state index is 0.0380. The molecule has 0 spiro atoms. The average Bonchev–Trinajstić information content (AvgIpc) is 2.35. The minimum Gasteiger partial charge on any atom is -0.348 e. The zero-order valence-electron chi connectivity index (χ0n) is 10.9. The van der Waals surface area contributed by atoms with Crippen molar-refractivity contribution in [1.29, 1.82) is 0 Å². The molecule has 0 aliphatic heterocycles. The van der Waals surface area contributed by atoms with Crippen molar-refractivity contribution < 1.29 is 4.79 Å². The van der Waals surface area contributed by atoms with Gasteiger partial charge in [-0.1, -0.05) is 45.0 Å². The van der Waals surface area contributed by atoms with E-state index in [2.05, 4.69) is 50.4 Å². The zero-order valence-corrected chi connectivity index (χ0v) is 10.9. The first kappa shape index (κ1) is 13.7. The Kier molecular flexibility index (Phi) is 5.16. The maximum Gasteiger partial charge on any atom is 0.234 e. The Balaban J connectivity index is 2.85. The molecule has 0 aliphatic rings. The number of carbonyl (C=O) groups excluding carboxylic acids is 1. The molecule has 3 nitrogen and oxygen atoms in total. The van der Waals surface area contributed by atoms with Crippen LogP contribution in [0.15, 0.2) is 24.3 Å². The van der Waals surface area contributed by atoms with Crippen LogP contribution in [0.3, 0.4) is 0 Å². The molecule has 17 heavy (non-hydrogen) atoms. The average molecular weight is 234 g/mol. The normalized spacial score (nSPS) is 12.5. The molecule has 0 radical (unpaired) electrons. The fraction of sp³-hybridized carbons (Fsp3) is 0.500. The Bertz CT molecular complexity index is 357. The number of aryl methyl sites for hydroxylation is 1. The van der Waals surface area contributed by atoms with Crippen molar-refractivity contribution in [3.63, 3.8) is 0 Å². The molecule has 0 saturated heterocycles. The third-order valence-corrected chi connectivity index (χ3v) is 2.92. The molecule has 0 fully saturated rings. The van der Waals surface area contributed by atoms with Gasteiger partial charge in [0.05, 0.1) is 12.6 Å². The topological polar surface area (TPSA) is 55.1 Å². The molecule has 1 aromatic carbocycles. The van der Waals surface area contributed by atoms with Crippen LogP contribution in [0.2, 0.25) is 0 Å². The van der Waals surface area contributed by atoms with Crippen LogP contribution in [-0.2, 0) is 11.2 Å². The van der Waals surface area contributed by atoms with Crippen LogP contribution in [0.5, 0.6) is 0 Å². The van der Waals surface area contributed by atoms with Gasteiger partial charge in [0.15, 0.2) is 0 Å². The lowest BCUT2D eigenvalue weighted by atomic mass is 9.95. The highest BCUT2D eigenvalue weighted by Crippen LogP contribution is 2.22. The summed E-state index contributed by atoms with van der Waals surface area (Å²) in [5, 5.41) is 2.96. The summed E-state index contributed by atoms with van der Waals surface area (Å²) in [7, 11) is 0. The molecule has 0 saturated carbocycles. The SMILES string of the molecule is CCc1ccc(C(NC(=O)CN)C(C)C)cc1. The molecule has 94 valence electrons. The Morgan fingerprint density at radius 3 is 2.29 bits per heavy atom. The number of hydrogen-bond donors (Lipinski definition) is 2. The second-order valence-electron chi connectivity index (χ2n) is 4.59. The lowest BCUT2D eigenvalue weighted by Crippen LogP contribution is -2.36. The number of carbonyl (C=O) groups is 1. The predicted octanol–water partition coefficient (Wildman–Crippen LogP) is 2.02. The van der Waals surface area contributed by atoms with Gasteiger partial charge in [0.2, 0.25) is 5.91 Å². The minimum atomic E-state index is -0.108. The summed E-state index contributed by atoms with van der Waals surface area (Å²) in [4.78, 5) is 11.4. The van der Waals surface area contributed by atoms with Gasteiger partial charge in [0, 0.05) is 0 Å². The van der Waals surface area contributed by atoms with E-state index in [1.165, 1.54) is 5.56 Å². The fourth-order valence-electron chi connectivity index (χ4n) is 1.83. The highest BCUT2D eigenvalue weighted by Gasteiger charge is 2.17. The van der Waals surface area contributed by atoms with Crippen LogP contribution in [-0.4, -0.2) is 12.5 Å². The maximum absolute atomic E-state index is 11.4. The molecular formula is C14H22N2O. The van der Waals surface area contributed by atoms with Crippen LogP contribution < -0.4 is 11.1 Å². The van der Waals surface area contributed by atoms with E-state index in [0.29, 0.717) is 5.92 Å². The molecule has 1 aromatic rings. The maximum atomic E-state index is 11.4. The monoisotopic (exact) mass is 234 g/mol. The second-order valence-corrected chi connectivity index (χ2v) is 4.59. The van der Waals surface area contributed by atoms with Crippen molar-refractivity contribution in [3.8, 4) is 0 Å². The van der Waals surface area contributed by atoms with Gasteiger partial charge < -0.3 is 11.1 Å². The highest BCUT2D eigenvalue weighted by atomic mass is 16.1. The molecule has 1 rings (SSSR count). The van der Waals surface area contributed by atoms with Crippen molar-refractivity contribution in [2.24, 2.45) is 11.7 Å². The van der Waals surface area contributed by atoms with Gasteiger partial charge in [-0.3, -0.25) is 4.79 Å². The third-order valence-electron chi connectivity index (χ3n) is 2.92. The molecule has 3 heteroatoms. The van der Waals surface area contributed by atoms with E-state index in [9.17, 15) is 4.79 Å². The van der Waals surface area contributed by atoms with E-state index < -0.39 is 0 Å². The van der Waals surface area contributed by atoms with Crippen molar-refractivity contribution in [2.45, 2.75) is 33.2 Å². The number of hydrogen-bond acceptors (Lipinski definition) is 2. The van der Waals surface area contributed by atoms with Crippen molar-refractivity contribution in [2.75, 3.05) is 6.54 Å². The smallest absolute Gasteiger partial charge is 0.234 e. The van der Waals surface area contributed by atoms with E-state index >= 15 is 0 Å². The van der Waals surface area contributed by atoms with Crippen LogP contribution >= 0.6 is 0 Å². The van der Waals surface area contributed by atoms with Gasteiger partial charge in [-0.05, 0) is 23.5 Å². The molecule has 1 amide bonds. The summed E-state index contributed by atoms with van der Waals surface area (Å²) >= 11 is 0. The van der Waals surface area contributed by atoms with Crippen molar-refractivity contribution >= 4 is 5.91 Å². The largest absolute Gasteiger partial charge is 0.348 e. The van der Waals surface area contributed by atoms with Gasteiger partial charge in [0.1, 0.15) is 0 Å². The predicted molar refractivity (Wildman–Crippen MR) is 70.6 cm³/mol. The second kappa shape index (κ2) is 6.40. The summed E-state index contributed by atoms with van der Waals surface area (Å²) in [6.07, 6.45) is 1.03. The van der Waals surface area contributed by atoms with Gasteiger partial charge in [0.25, 0.3) is 0 Å². The van der Waals surface area contributed by atoms with E-state index in [1.54, 1.807) is 0 Å². The number of rotatable bonds is 5. The Labute approximate surface area is 103 Å². The molecule has 3 N–H and O–H groups in total. The molecule has 0 heterocycles. The number of nitrogens with two attached hydrogens (primary N) is 1. The molecule has 1 atom stereocenters. The van der Waals surface area contributed by atoms with E-state index in [4.69, 9.17) is 5.73 Å². The molecule has 1 unspecified atom stereocenters. The summed E-state index contributed by atoms with van der Waals surface area (Å²) in [5.74, 6) is 0.237. The van der Waals surface area contributed by atoms with Gasteiger partial charge in [-0.15, -0.1) is 0 Å². The lowest BCUT2D eigenvalue weighted by molar-refractivity contribution is -0.120. The fourth-order valence-corrected chi connectivity index (χ4v) is 1.83. The van der Waals surface area contributed by atoms with Crippen LogP contribution in [0.25, 0.3) is 0 Å². The summed E-state index contributed by atoms with van der Waals surface area (Å²) in [6.45, 7) is 6.35. The number of nitrogens with one attached hydrogen (secondary N) is 1. The van der Waals surface area contributed by atoms with E-state index in [0.717, 1.165) is 12.0 Å². The zero-order chi connectivity index (χ0) is 12.8. The lowest BCUT2D eigenvalue weighted by Gasteiger charge is -2.22. The molecule has 0 aliphatic carbocycles. The standard InChI is InChI=1S/C14H22N2O/c1-4-11-5-7-12(8-6-11)14(10(2)3)16-13(17)9-15/h5-8,10,14H,4,9,15H2,1-3H3,(H,16,17). The van der Waals surface area contributed by atoms with Crippen LogP contribution in [0.4, 0.5) is 0 Å². The summed E-state index contributed by atoms with van der Waals surface area (Å²) in [6, 6.07) is 8.43. The van der Waals surface area contributed by atoms with Gasteiger partial charge in [-0.25, -0.2) is 0 Å². The summed E-state index contributed by atoms with van der Waals surface area (Å²) < 4.78 is 0. The molecule has 0 bridgehead atoms. The Hall–Kier alpha value is -1.35. The van der Waals surface area contributed by atoms with E-state index in [-0.39, 0.29) is 18.5 Å². The van der Waals surface area contributed by atoms with Gasteiger partial charge >= 0.3 is 0 Å². The number of benzene rings is 1. The first-order valence-corrected chi connectivity index (χ1v) is 6.16. The quantitative estimate of drug-likeness (QED) is 0.819. The number of amides is 1. The molecular weight excluding hydrogens is 212 g/mol. The van der Waals surface area contributed by atoms with Crippen LogP contribution in [0.1, 0.15) is 37.9 Å². The summed E-state index contributed by atoms with van der Waals surface area (Å²) in [5.41, 5.74) is 7.78. The first-order valence-electron chi connectivity index (χ1n) is 6.16. The van der Waals surface area contributed by atoms with Crippen LogP contribution in [0, 0.1) is 5.92 Å². The van der Waals surface area contributed by atoms with E-state index in [1.807, 2.05) is 0 Å². The molecule has 0 aromatic heterocycles. The van der Waals surface area contributed by atoms with Crippen molar-refractivity contribution in [1.82, 2.24) is 5.32 Å². The van der Waals surface area contributed by atoms with Gasteiger partial charge in [-0.2, -0.15) is 0 Å².